The highest BCUT2D eigenvalue weighted by atomic mass is 79.9. The van der Waals surface area contributed by atoms with Crippen molar-refractivity contribution in [3.63, 3.8) is 0 Å². The molecule has 2 aliphatic rings. The summed E-state index contributed by atoms with van der Waals surface area (Å²) in [6.07, 6.45) is 2.31. The normalized spacial score (nSPS) is 31.9. The van der Waals surface area contributed by atoms with Gasteiger partial charge in [-0.05, 0) is 46.7 Å². The molecule has 92 valence electrons. The molecule has 0 bridgehead atoms. The van der Waals surface area contributed by atoms with E-state index in [4.69, 9.17) is 5.73 Å². The van der Waals surface area contributed by atoms with Gasteiger partial charge in [-0.25, -0.2) is 0 Å². The third-order valence-electron chi connectivity index (χ3n) is 3.98. The fraction of sp³-hybridized carbons (Fsp3) is 0.583. The topological polar surface area (TPSA) is 46.3 Å². The van der Waals surface area contributed by atoms with Crippen LogP contribution in [0.2, 0.25) is 0 Å². The predicted molar refractivity (Wildman–Crippen MR) is 72.1 cm³/mol. The van der Waals surface area contributed by atoms with Gasteiger partial charge < -0.3 is 10.6 Å². The van der Waals surface area contributed by atoms with Crippen LogP contribution in [-0.2, 0) is 0 Å². The number of fused-ring (bicyclic) bond motifs is 1. The number of nitrogens with two attached hydrogens (primary N) is 1. The van der Waals surface area contributed by atoms with Crippen LogP contribution in [0, 0.1) is 11.8 Å². The number of amides is 1. The van der Waals surface area contributed by atoms with Crippen molar-refractivity contribution in [2.75, 3.05) is 13.1 Å². The minimum absolute atomic E-state index is 0.169. The quantitative estimate of drug-likeness (QED) is 0.864. The lowest BCUT2D eigenvalue weighted by Gasteiger charge is -2.17. The van der Waals surface area contributed by atoms with E-state index in [0.29, 0.717) is 17.9 Å². The molecule has 2 fully saturated rings. The first-order valence-electron chi connectivity index (χ1n) is 5.94. The zero-order chi connectivity index (χ0) is 12.0. The van der Waals surface area contributed by atoms with Crippen LogP contribution in [0.3, 0.4) is 0 Å². The number of likely N-dealkylation sites (tertiary alicyclic amines) is 1. The Hall–Kier alpha value is -0.390. The summed E-state index contributed by atoms with van der Waals surface area (Å²) in [6.45, 7) is 1.74. The van der Waals surface area contributed by atoms with E-state index >= 15 is 0 Å². The van der Waals surface area contributed by atoms with Gasteiger partial charge in [-0.3, -0.25) is 4.79 Å². The molecule has 3 nitrogen and oxygen atoms in total. The number of nitrogens with zero attached hydrogens (tertiary/aromatic N) is 1. The third-order valence-corrected chi connectivity index (χ3v) is 5.66. The molecular formula is C12H15BrN2OS. The molecule has 1 aromatic heterocycles. The largest absolute Gasteiger partial charge is 0.337 e. The number of carbonyl (C=O) groups is 1. The van der Waals surface area contributed by atoms with Crippen LogP contribution in [0.4, 0.5) is 0 Å². The number of halogens is 1. The maximum absolute atomic E-state index is 12.3. The van der Waals surface area contributed by atoms with Crippen LogP contribution in [0.5, 0.6) is 0 Å². The highest BCUT2D eigenvalue weighted by Gasteiger charge is 2.42. The summed E-state index contributed by atoms with van der Waals surface area (Å²) in [5.41, 5.74) is 6.08. The van der Waals surface area contributed by atoms with Gasteiger partial charge in [0.25, 0.3) is 5.91 Å². The van der Waals surface area contributed by atoms with Crippen molar-refractivity contribution in [2.24, 2.45) is 17.6 Å². The number of carbonyl (C=O) groups excluding carboxylic acids is 1. The highest BCUT2D eigenvalue weighted by molar-refractivity contribution is 9.10. The maximum Gasteiger partial charge on any atom is 0.263 e. The Morgan fingerprint density at radius 1 is 1.47 bits per heavy atom. The van der Waals surface area contributed by atoms with Gasteiger partial charge in [-0.15, -0.1) is 11.3 Å². The van der Waals surface area contributed by atoms with E-state index in [2.05, 4.69) is 15.9 Å². The van der Waals surface area contributed by atoms with Crippen LogP contribution in [0.1, 0.15) is 22.5 Å². The molecule has 3 rings (SSSR count). The molecule has 0 spiro atoms. The van der Waals surface area contributed by atoms with Crippen LogP contribution < -0.4 is 5.73 Å². The smallest absolute Gasteiger partial charge is 0.263 e. The number of hydrogen-bond acceptors (Lipinski definition) is 3. The molecule has 1 aromatic rings. The summed E-state index contributed by atoms with van der Waals surface area (Å²) in [7, 11) is 0. The van der Waals surface area contributed by atoms with E-state index in [1.54, 1.807) is 0 Å². The van der Waals surface area contributed by atoms with Crippen molar-refractivity contribution in [2.45, 2.75) is 18.9 Å². The Balaban J connectivity index is 1.73. The van der Waals surface area contributed by atoms with Gasteiger partial charge in [0.1, 0.15) is 0 Å². The van der Waals surface area contributed by atoms with Crippen molar-refractivity contribution in [3.8, 4) is 0 Å². The molecule has 1 aliphatic heterocycles. The monoisotopic (exact) mass is 314 g/mol. The first kappa shape index (κ1) is 11.7. The zero-order valence-corrected chi connectivity index (χ0v) is 11.8. The lowest BCUT2D eigenvalue weighted by atomic mass is 9.98. The Labute approximate surface area is 113 Å². The molecule has 17 heavy (non-hydrogen) atoms. The Morgan fingerprint density at radius 2 is 2.29 bits per heavy atom. The lowest BCUT2D eigenvalue weighted by Crippen LogP contribution is -2.33. The number of hydrogen-bond donors (Lipinski definition) is 1. The summed E-state index contributed by atoms with van der Waals surface area (Å²) in [4.78, 5) is 15.1. The van der Waals surface area contributed by atoms with Crippen LogP contribution >= 0.6 is 27.3 Å². The van der Waals surface area contributed by atoms with Gasteiger partial charge >= 0.3 is 0 Å². The van der Waals surface area contributed by atoms with Crippen molar-refractivity contribution < 1.29 is 4.79 Å². The van der Waals surface area contributed by atoms with Gasteiger partial charge in [0.2, 0.25) is 0 Å². The van der Waals surface area contributed by atoms with Gasteiger partial charge in [0, 0.05) is 29.0 Å². The molecule has 2 N–H and O–H groups in total. The van der Waals surface area contributed by atoms with Gasteiger partial charge in [-0.1, -0.05) is 0 Å². The first-order chi connectivity index (χ1) is 8.15. The summed E-state index contributed by atoms with van der Waals surface area (Å²) < 4.78 is 0.988. The average molecular weight is 315 g/mol. The molecule has 1 saturated heterocycles. The van der Waals surface area contributed by atoms with Crippen molar-refractivity contribution in [1.82, 2.24) is 4.90 Å². The molecule has 3 atom stereocenters. The second-order valence-corrected chi connectivity index (χ2v) is 6.83. The molecule has 3 unspecified atom stereocenters. The van der Waals surface area contributed by atoms with Gasteiger partial charge in [-0.2, -0.15) is 0 Å². The highest BCUT2D eigenvalue weighted by Crippen LogP contribution is 2.38. The van der Waals surface area contributed by atoms with E-state index in [1.165, 1.54) is 17.8 Å². The first-order valence-corrected chi connectivity index (χ1v) is 7.61. The summed E-state index contributed by atoms with van der Waals surface area (Å²) in [5.74, 6) is 1.34. The molecule has 1 aliphatic carbocycles. The molecule has 0 aromatic carbocycles. The Bertz CT molecular complexity index is 447. The van der Waals surface area contributed by atoms with Crippen LogP contribution in [0.15, 0.2) is 15.9 Å². The van der Waals surface area contributed by atoms with Crippen molar-refractivity contribution >= 4 is 33.2 Å². The van der Waals surface area contributed by atoms with Gasteiger partial charge in [0.15, 0.2) is 0 Å². The van der Waals surface area contributed by atoms with E-state index < -0.39 is 0 Å². The average Bonchev–Trinajstić information content (AvgIpc) is 2.96. The summed E-state index contributed by atoms with van der Waals surface area (Å²) in [5, 5.41) is 1.95. The molecule has 0 radical (unpaired) electrons. The molecule has 1 amide bonds. The number of thiophene rings is 1. The summed E-state index contributed by atoms with van der Waals surface area (Å²) in [6, 6.07) is 2.20. The van der Waals surface area contributed by atoms with E-state index in [-0.39, 0.29) is 5.91 Å². The van der Waals surface area contributed by atoms with Crippen LogP contribution in [0.25, 0.3) is 0 Å². The fourth-order valence-corrected chi connectivity index (χ4v) is 4.45. The maximum atomic E-state index is 12.3. The Morgan fingerprint density at radius 3 is 2.94 bits per heavy atom. The lowest BCUT2D eigenvalue weighted by molar-refractivity contribution is 0.0784. The van der Waals surface area contributed by atoms with E-state index in [0.717, 1.165) is 28.9 Å². The predicted octanol–water partition coefficient (Wildman–Crippen LogP) is 2.32. The van der Waals surface area contributed by atoms with Crippen molar-refractivity contribution in [3.05, 3.63) is 20.8 Å². The van der Waals surface area contributed by atoms with Gasteiger partial charge in [0.05, 0.1) is 4.88 Å². The SMILES string of the molecule is NC1CCC2CN(C(=O)c3cc(Br)cs3)CC12. The number of rotatable bonds is 1. The molecule has 1 saturated carbocycles. The standard InChI is InChI=1S/C12H15BrN2OS/c13-8-3-11(17-6-8)12(16)15-4-7-1-2-10(14)9(7)5-15/h3,6-7,9-10H,1-2,4-5,14H2. The fourth-order valence-electron chi connectivity index (χ4n) is 3.05. The second kappa shape index (κ2) is 4.37. The zero-order valence-electron chi connectivity index (χ0n) is 9.43. The van der Waals surface area contributed by atoms with E-state index in [9.17, 15) is 4.79 Å². The second-order valence-electron chi connectivity index (χ2n) is 5.00. The molecule has 2 heterocycles. The third kappa shape index (κ3) is 2.04. The molecular weight excluding hydrogens is 300 g/mol. The minimum Gasteiger partial charge on any atom is -0.337 e. The van der Waals surface area contributed by atoms with Crippen LogP contribution in [-0.4, -0.2) is 29.9 Å². The van der Waals surface area contributed by atoms with E-state index in [1.807, 2.05) is 16.3 Å². The Kier molecular flexibility index (Phi) is 3.00. The minimum atomic E-state index is 0.169. The molecule has 5 heteroatoms. The van der Waals surface area contributed by atoms with Crippen molar-refractivity contribution in [1.29, 1.82) is 0 Å². The summed E-state index contributed by atoms with van der Waals surface area (Å²) >= 11 is 4.89.